The Hall–Kier alpha value is -1.06. The molecule has 112 valence electrons. The number of nitrogens with zero attached hydrogens (tertiary/aromatic N) is 1. The molecule has 1 amide bonds. The number of fused-ring (bicyclic) bond motifs is 2. The third-order valence-electron chi connectivity index (χ3n) is 5.66. The number of hydrogen-bond acceptors (Lipinski definition) is 2. The summed E-state index contributed by atoms with van der Waals surface area (Å²) < 4.78 is 0. The molecule has 0 aromatic heterocycles. The molecule has 2 bridgehead atoms. The van der Waals surface area contributed by atoms with Crippen molar-refractivity contribution >= 4 is 11.9 Å². The van der Waals surface area contributed by atoms with Gasteiger partial charge in [-0.25, -0.2) is 0 Å². The summed E-state index contributed by atoms with van der Waals surface area (Å²) in [5.74, 6) is 1.99. The van der Waals surface area contributed by atoms with Gasteiger partial charge < -0.3 is 10.0 Å². The molecule has 3 aliphatic rings. The minimum Gasteiger partial charge on any atom is -0.481 e. The summed E-state index contributed by atoms with van der Waals surface area (Å²) in [5.41, 5.74) is 0. The van der Waals surface area contributed by atoms with Gasteiger partial charge in [-0.3, -0.25) is 9.59 Å². The van der Waals surface area contributed by atoms with Gasteiger partial charge in [0.2, 0.25) is 5.91 Å². The van der Waals surface area contributed by atoms with E-state index in [4.69, 9.17) is 5.11 Å². The average molecular weight is 279 g/mol. The summed E-state index contributed by atoms with van der Waals surface area (Å²) in [5, 5.41) is 8.89. The molecule has 1 heterocycles. The van der Waals surface area contributed by atoms with Crippen molar-refractivity contribution in [3.63, 3.8) is 0 Å². The Bertz CT molecular complexity index is 395. The first-order chi connectivity index (χ1) is 9.61. The molecular weight excluding hydrogens is 254 g/mol. The summed E-state index contributed by atoms with van der Waals surface area (Å²) in [6.07, 6.45) is 8.12. The number of amides is 1. The zero-order valence-corrected chi connectivity index (χ0v) is 12.1. The van der Waals surface area contributed by atoms with Gasteiger partial charge in [-0.1, -0.05) is 6.42 Å². The van der Waals surface area contributed by atoms with Crippen molar-refractivity contribution in [1.29, 1.82) is 0 Å². The average Bonchev–Trinajstić information content (AvgIpc) is 3.00. The van der Waals surface area contributed by atoms with E-state index in [1.165, 1.54) is 25.7 Å². The van der Waals surface area contributed by atoms with Gasteiger partial charge in [0.1, 0.15) is 0 Å². The van der Waals surface area contributed by atoms with Crippen molar-refractivity contribution in [3.8, 4) is 0 Å². The molecule has 1 N–H and O–H groups in total. The summed E-state index contributed by atoms with van der Waals surface area (Å²) >= 11 is 0. The molecule has 3 rings (SSSR count). The van der Waals surface area contributed by atoms with Crippen LogP contribution in [0.4, 0.5) is 0 Å². The number of piperidine rings is 1. The van der Waals surface area contributed by atoms with Crippen molar-refractivity contribution in [3.05, 3.63) is 0 Å². The third-order valence-corrected chi connectivity index (χ3v) is 5.66. The van der Waals surface area contributed by atoms with E-state index < -0.39 is 5.97 Å². The molecule has 4 unspecified atom stereocenters. The molecule has 1 saturated heterocycles. The standard InChI is InChI=1S/C16H25NO3/c18-15(9-14-7-11-3-4-13(14)6-11)17-5-1-2-12(10-17)8-16(19)20/h11-14H,1-10H2,(H,19,20). The lowest BCUT2D eigenvalue weighted by Crippen LogP contribution is -2.41. The molecule has 4 atom stereocenters. The van der Waals surface area contributed by atoms with Crippen LogP contribution < -0.4 is 0 Å². The van der Waals surface area contributed by atoms with Crippen LogP contribution in [0.2, 0.25) is 0 Å². The molecular formula is C16H25NO3. The van der Waals surface area contributed by atoms with E-state index in [2.05, 4.69) is 0 Å². The van der Waals surface area contributed by atoms with Crippen molar-refractivity contribution in [1.82, 2.24) is 4.90 Å². The van der Waals surface area contributed by atoms with Crippen molar-refractivity contribution in [2.24, 2.45) is 23.7 Å². The summed E-state index contributed by atoms with van der Waals surface area (Å²) in [4.78, 5) is 25.2. The molecule has 2 aliphatic carbocycles. The van der Waals surface area contributed by atoms with E-state index in [0.29, 0.717) is 18.9 Å². The van der Waals surface area contributed by atoms with Gasteiger partial charge in [0.15, 0.2) is 0 Å². The van der Waals surface area contributed by atoms with Gasteiger partial charge in [-0.05, 0) is 55.8 Å². The maximum atomic E-state index is 12.4. The van der Waals surface area contributed by atoms with Gasteiger partial charge in [-0.2, -0.15) is 0 Å². The summed E-state index contributed by atoms with van der Waals surface area (Å²) in [6.45, 7) is 1.49. The van der Waals surface area contributed by atoms with Crippen molar-refractivity contribution < 1.29 is 14.7 Å². The van der Waals surface area contributed by atoms with E-state index in [1.54, 1.807) is 0 Å². The number of hydrogen-bond donors (Lipinski definition) is 1. The van der Waals surface area contributed by atoms with Gasteiger partial charge in [0.05, 0.1) is 0 Å². The number of carboxylic acid groups (broad SMARTS) is 1. The van der Waals surface area contributed by atoms with E-state index in [0.717, 1.165) is 31.2 Å². The normalized spacial score (nSPS) is 36.3. The maximum absolute atomic E-state index is 12.4. The molecule has 2 saturated carbocycles. The first-order valence-corrected chi connectivity index (χ1v) is 8.11. The Morgan fingerprint density at radius 2 is 1.95 bits per heavy atom. The van der Waals surface area contributed by atoms with Crippen LogP contribution in [0.25, 0.3) is 0 Å². The Labute approximate surface area is 120 Å². The lowest BCUT2D eigenvalue weighted by atomic mass is 9.85. The van der Waals surface area contributed by atoms with Gasteiger partial charge in [0, 0.05) is 25.9 Å². The molecule has 0 aromatic rings. The number of carboxylic acids is 1. The lowest BCUT2D eigenvalue weighted by Gasteiger charge is -2.33. The van der Waals surface area contributed by atoms with Gasteiger partial charge >= 0.3 is 5.97 Å². The summed E-state index contributed by atoms with van der Waals surface area (Å²) in [7, 11) is 0. The smallest absolute Gasteiger partial charge is 0.303 e. The van der Waals surface area contributed by atoms with Crippen LogP contribution in [0.15, 0.2) is 0 Å². The van der Waals surface area contributed by atoms with Crippen LogP contribution in [-0.4, -0.2) is 35.0 Å². The highest BCUT2D eigenvalue weighted by atomic mass is 16.4. The third kappa shape index (κ3) is 2.99. The minimum absolute atomic E-state index is 0.158. The first-order valence-electron chi connectivity index (χ1n) is 8.11. The maximum Gasteiger partial charge on any atom is 0.303 e. The Morgan fingerprint density at radius 3 is 2.60 bits per heavy atom. The molecule has 1 aliphatic heterocycles. The molecule has 4 nitrogen and oxygen atoms in total. The Balaban J connectivity index is 1.50. The second-order valence-corrected chi connectivity index (χ2v) is 7.08. The van der Waals surface area contributed by atoms with Crippen LogP contribution in [-0.2, 0) is 9.59 Å². The Morgan fingerprint density at radius 1 is 1.10 bits per heavy atom. The zero-order valence-electron chi connectivity index (χ0n) is 12.1. The van der Waals surface area contributed by atoms with E-state index >= 15 is 0 Å². The molecule has 4 heteroatoms. The van der Waals surface area contributed by atoms with Crippen LogP contribution in [0.3, 0.4) is 0 Å². The zero-order chi connectivity index (χ0) is 14.1. The number of rotatable bonds is 4. The van der Waals surface area contributed by atoms with Crippen LogP contribution in [0.5, 0.6) is 0 Å². The lowest BCUT2D eigenvalue weighted by molar-refractivity contribution is -0.141. The van der Waals surface area contributed by atoms with Crippen LogP contribution in [0.1, 0.15) is 51.4 Å². The number of carbonyl (C=O) groups excluding carboxylic acids is 1. The Kier molecular flexibility index (Phi) is 3.99. The highest BCUT2D eigenvalue weighted by molar-refractivity contribution is 5.76. The largest absolute Gasteiger partial charge is 0.481 e. The number of carbonyl (C=O) groups is 2. The summed E-state index contributed by atoms with van der Waals surface area (Å²) in [6, 6.07) is 0. The predicted molar refractivity (Wildman–Crippen MR) is 75.1 cm³/mol. The van der Waals surface area contributed by atoms with E-state index in [-0.39, 0.29) is 18.2 Å². The van der Waals surface area contributed by atoms with Gasteiger partial charge in [0.25, 0.3) is 0 Å². The molecule has 0 radical (unpaired) electrons. The van der Waals surface area contributed by atoms with E-state index in [9.17, 15) is 9.59 Å². The fourth-order valence-corrected chi connectivity index (χ4v) is 4.69. The highest BCUT2D eigenvalue weighted by Gasteiger charge is 2.40. The van der Waals surface area contributed by atoms with Crippen molar-refractivity contribution in [2.75, 3.05) is 13.1 Å². The quantitative estimate of drug-likeness (QED) is 0.860. The number of likely N-dealkylation sites (tertiary alicyclic amines) is 1. The van der Waals surface area contributed by atoms with Crippen molar-refractivity contribution in [2.45, 2.75) is 51.4 Å². The molecule has 20 heavy (non-hydrogen) atoms. The fraction of sp³-hybridized carbons (Fsp3) is 0.875. The highest BCUT2D eigenvalue weighted by Crippen LogP contribution is 2.49. The molecule has 0 aromatic carbocycles. The molecule has 3 fully saturated rings. The second-order valence-electron chi connectivity index (χ2n) is 7.08. The van der Waals surface area contributed by atoms with Crippen LogP contribution in [0, 0.1) is 23.7 Å². The first kappa shape index (κ1) is 13.9. The van der Waals surface area contributed by atoms with E-state index in [1.807, 2.05) is 4.90 Å². The fourth-order valence-electron chi connectivity index (χ4n) is 4.69. The second kappa shape index (κ2) is 5.74. The SMILES string of the molecule is O=C(O)CC1CCCN(C(=O)CC2CC3CCC2C3)C1. The number of aliphatic carboxylic acids is 1. The topological polar surface area (TPSA) is 57.6 Å². The van der Waals surface area contributed by atoms with Gasteiger partial charge in [-0.15, -0.1) is 0 Å². The predicted octanol–water partition coefficient (Wildman–Crippen LogP) is 2.53. The molecule has 0 spiro atoms. The monoisotopic (exact) mass is 279 g/mol. The minimum atomic E-state index is -0.739. The van der Waals surface area contributed by atoms with Crippen LogP contribution >= 0.6 is 0 Å².